The molecule has 0 aliphatic heterocycles. The number of fused-ring (bicyclic) bond motifs is 1. The van der Waals surface area contributed by atoms with Crippen molar-refractivity contribution in [3.63, 3.8) is 0 Å². The van der Waals surface area contributed by atoms with Gasteiger partial charge < -0.3 is 5.32 Å². The molecule has 0 aromatic carbocycles. The maximum atomic E-state index is 4.50. The smallest absolute Gasteiger partial charge is 0.180 e. The van der Waals surface area contributed by atoms with Crippen molar-refractivity contribution in [2.24, 2.45) is 0 Å². The Morgan fingerprint density at radius 3 is 2.71 bits per heavy atom. The van der Waals surface area contributed by atoms with Gasteiger partial charge in [-0.15, -0.1) is 0 Å². The summed E-state index contributed by atoms with van der Waals surface area (Å²) in [5.41, 5.74) is 1.75. The van der Waals surface area contributed by atoms with Crippen molar-refractivity contribution in [1.29, 1.82) is 0 Å². The van der Waals surface area contributed by atoms with Gasteiger partial charge in [-0.25, -0.2) is 9.97 Å². The topological polar surface area (TPSA) is 50.7 Å². The second kappa shape index (κ2) is 3.95. The fourth-order valence-electron chi connectivity index (χ4n) is 2.51. The monoisotopic (exact) mass is 228 g/mol. The van der Waals surface area contributed by atoms with Crippen molar-refractivity contribution >= 4 is 17.0 Å². The highest BCUT2D eigenvalue weighted by atomic mass is 15.1. The van der Waals surface area contributed by atoms with Crippen molar-refractivity contribution in [3.05, 3.63) is 24.5 Å². The van der Waals surface area contributed by atoms with E-state index >= 15 is 0 Å². The molecule has 1 saturated carbocycles. The van der Waals surface area contributed by atoms with Crippen LogP contribution in [0.5, 0.6) is 0 Å². The highest BCUT2D eigenvalue weighted by Crippen LogP contribution is 2.32. The Balaban J connectivity index is 1.90. The summed E-state index contributed by atoms with van der Waals surface area (Å²) >= 11 is 0. The Labute approximate surface area is 101 Å². The fourth-order valence-corrected chi connectivity index (χ4v) is 2.51. The molecule has 0 bridgehead atoms. The van der Waals surface area contributed by atoms with E-state index in [2.05, 4.69) is 27.2 Å². The predicted molar refractivity (Wildman–Crippen MR) is 67.8 cm³/mol. The van der Waals surface area contributed by atoms with Crippen molar-refractivity contribution in [3.8, 4) is 0 Å². The number of pyridine rings is 1. The average Bonchev–Trinajstić information content (AvgIpc) is 2.76. The maximum Gasteiger partial charge on any atom is 0.180 e. The largest absolute Gasteiger partial charge is 0.365 e. The Morgan fingerprint density at radius 2 is 1.88 bits per heavy atom. The van der Waals surface area contributed by atoms with E-state index in [0.29, 0.717) is 5.65 Å². The predicted octanol–water partition coefficient (Wildman–Crippen LogP) is 2.77. The minimum absolute atomic E-state index is 0.197. The average molecular weight is 228 g/mol. The SMILES string of the molecule is CC1(Nc2ccc3nccnc3n2)CCCC1. The summed E-state index contributed by atoms with van der Waals surface area (Å²) in [6.07, 6.45) is 8.40. The van der Waals surface area contributed by atoms with Crippen LogP contribution in [0.2, 0.25) is 0 Å². The standard InChI is InChI=1S/C13H16N4/c1-13(6-2-3-7-13)17-11-5-4-10-12(16-11)15-9-8-14-10/h4-5,8-9H,2-3,6-7H2,1H3,(H,15,16,17). The van der Waals surface area contributed by atoms with Crippen LogP contribution in [0, 0.1) is 0 Å². The summed E-state index contributed by atoms with van der Waals surface area (Å²) in [6, 6.07) is 3.95. The van der Waals surface area contributed by atoms with Crippen LogP contribution >= 0.6 is 0 Å². The van der Waals surface area contributed by atoms with Crippen LogP contribution in [0.15, 0.2) is 24.5 Å². The third-order valence-corrected chi connectivity index (χ3v) is 3.47. The third-order valence-electron chi connectivity index (χ3n) is 3.47. The lowest BCUT2D eigenvalue weighted by Gasteiger charge is -2.25. The first-order valence-electron chi connectivity index (χ1n) is 6.11. The summed E-state index contributed by atoms with van der Waals surface area (Å²) in [5.74, 6) is 0.905. The van der Waals surface area contributed by atoms with Crippen molar-refractivity contribution in [1.82, 2.24) is 15.0 Å². The van der Waals surface area contributed by atoms with Crippen LogP contribution < -0.4 is 5.32 Å². The van der Waals surface area contributed by atoms with Gasteiger partial charge in [-0.05, 0) is 31.9 Å². The van der Waals surface area contributed by atoms with Gasteiger partial charge in [0.15, 0.2) is 5.65 Å². The first-order chi connectivity index (χ1) is 8.25. The number of aromatic nitrogens is 3. The minimum Gasteiger partial charge on any atom is -0.365 e. The van der Waals surface area contributed by atoms with E-state index in [1.54, 1.807) is 12.4 Å². The highest BCUT2D eigenvalue weighted by Gasteiger charge is 2.28. The van der Waals surface area contributed by atoms with E-state index in [1.807, 2.05) is 12.1 Å². The van der Waals surface area contributed by atoms with Gasteiger partial charge in [-0.2, -0.15) is 0 Å². The van der Waals surface area contributed by atoms with Gasteiger partial charge in [0.05, 0.1) is 0 Å². The Morgan fingerprint density at radius 1 is 1.12 bits per heavy atom. The molecule has 0 amide bonds. The van der Waals surface area contributed by atoms with Crippen molar-refractivity contribution in [2.75, 3.05) is 5.32 Å². The number of nitrogens with one attached hydrogen (secondary N) is 1. The zero-order chi connectivity index (χ0) is 11.7. The van der Waals surface area contributed by atoms with Gasteiger partial charge in [0, 0.05) is 17.9 Å². The Bertz CT molecular complexity index is 532. The fraction of sp³-hybridized carbons (Fsp3) is 0.462. The molecule has 0 spiro atoms. The van der Waals surface area contributed by atoms with E-state index in [1.165, 1.54) is 25.7 Å². The molecule has 1 aliphatic carbocycles. The van der Waals surface area contributed by atoms with Crippen LogP contribution in [-0.2, 0) is 0 Å². The molecular formula is C13H16N4. The quantitative estimate of drug-likeness (QED) is 0.858. The Kier molecular flexibility index (Phi) is 2.42. The van der Waals surface area contributed by atoms with E-state index in [-0.39, 0.29) is 5.54 Å². The van der Waals surface area contributed by atoms with E-state index in [4.69, 9.17) is 0 Å². The second-order valence-corrected chi connectivity index (χ2v) is 4.99. The molecule has 4 heteroatoms. The molecule has 0 saturated heterocycles. The molecule has 2 aromatic heterocycles. The molecule has 0 atom stereocenters. The van der Waals surface area contributed by atoms with Crippen LogP contribution in [0.3, 0.4) is 0 Å². The normalized spacial score (nSPS) is 18.4. The van der Waals surface area contributed by atoms with E-state index < -0.39 is 0 Å². The third kappa shape index (κ3) is 2.07. The molecule has 4 nitrogen and oxygen atoms in total. The van der Waals surface area contributed by atoms with E-state index in [9.17, 15) is 0 Å². The van der Waals surface area contributed by atoms with Gasteiger partial charge in [0.2, 0.25) is 0 Å². The van der Waals surface area contributed by atoms with Gasteiger partial charge in [0.1, 0.15) is 11.3 Å². The summed E-state index contributed by atoms with van der Waals surface area (Å²) in [5, 5.41) is 3.53. The van der Waals surface area contributed by atoms with Gasteiger partial charge in [-0.3, -0.25) is 4.98 Å². The van der Waals surface area contributed by atoms with Crippen LogP contribution in [0.4, 0.5) is 5.82 Å². The molecule has 1 aliphatic rings. The number of nitrogens with zero attached hydrogens (tertiary/aromatic N) is 3. The molecule has 17 heavy (non-hydrogen) atoms. The maximum absolute atomic E-state index is 4.50. The lowest BCUT2D eigenvalue weighted by Crippen LogP contribution is -2.31. The first kappa shape index (κ1) is 10.4. The van der Waals surface area contributed by atoms with Crippen molar-refractivity contribution in [2.45, 2.75) is 38.1 Å². The summed E-state index contributed by atoms with van der Waals surface area (Å²) in [4.78, 5) is 12.9. The number of anilines is 1. The summed E-state index contributed by atoms with van der Waals surface area (Å²) in [6.45, 7) is 2.27. The molecule has 2 heterocycles. The molecule has 0 radical (unpaired) electrons. The van der Waals surface area contributed by atoms with Gasteiger partial charge in [-0.1, -0.05) is 12.8 Å². The zero-order valence-corrected chi connectivity index (χ0v) is 9.98. The first-order valence-corrected chi connectivity index (χ1v) is 6.11. The zero-order valence-electron chi connectivity index (χ0n) is 9.98. The molecule has 1 fully saturated rings. The van der Waals surface area contributed by atoms with Crippen LogP contribution in [0.1, 0.15) is 32.6 Å². The Hall–Kier alpha value is -1.71. The molecule has 2 aromatic rings. The number of hydrogen-bond donors (Lipinski definition) is 1. The van der Waals surface area contributed by atoms with Gasteiger partial charge >= 0.3 is 0 Å². The van der Waals surface area contributed by atoms with Crippen LogP contribution in [-0.4, -0.2) is 20.5 Å². The lowest BCUT2D eigenvalue weighted by molar-refractivity contribution is 0.531. The molecule has 1 N–H and O–H groups in total. The second-order valence-electron chi connectivity index (χ2n) is 4.99. The molecule has 3 rings (SSSR count). The summed E-state index contributed by atoms with van der Waals surface area (Å²) < 4.78 is 0. The molecular weight excluding hydrogens is 212 g/mol. The molecule has 88 valence electrons. The van der Waals surface area contributed by atoms with Crippen LogP contribution in [0.25, 0.3) is 11.2 Å². The lowest BCUT2D eigenvalue weighted by atomic mass is 10.0. The van der Waals surface area contributed by atoms with E-state index in [0.717, 1.165) is 11.3 Å². The number of hydrogen-bond acceptors (Lipinski definition) is 4. The number of rotatable bonds is 2. The molecule has 0 unspecified atom stereocenters. The van der Waals surface area contributed by atoms with Gasteiger partial charge in [0.25, 0.3) is 0 Å². The minimum atomic E-state index is 0.197. The highest BCUT2D eigenvalue weighted by molar-refractivity contribution is 5.71. The summed E-state index contributed by atoms with van der Waals surface area (Å²) in [7, 11) is 0. The van der Waals surface area contributed by atoms with Crippen molar-refractivity contribution < 1.29 is 0 Å².